The highest BCUT2D eigenvalue weighted by molar-refractivity contribution is 6.29. The van der Waals surface area contributed by atoms with E-state index in [1.165, 1.54) is 0 Å². The lowest BCUT2D eigenvalue weighted by molar-refractivity contribution is 1.23. The number of halogens is 1. The Labute approximate surface area is 197 Å². The molecule has 0 amide bonds. The van der Waals surface area contributed by atoms with Crippen LogP contribution in [0.15, 0.2) is 115 Å². The van der Waals surface area contributed by atoms with Crippen molar-refractivity contribution in [2.75, 3.05) is 0 Å². The standard InChI is InChI=1S/C30H19ClN2/c31-30-32-28(27-16-15-22-13-7-8-14-26(22)29(27)33-30)25-18-23(20-9-3-1-4-10-20)17-24(19-25)21-11-5-2-6-12-21/h1-19H. The van der Waals surface area contributed by atoms with Crippen molar-refractivity contribution in [1.29, 1.82) is 0 Å². The summed E-state index contributed by atoms with van der Waals surface area (Å²) in [5, 5.41) is 3.44. The van der Waals surface area contributed by atoms with E-state index in [4.69, 9.17) is 16.6 Å². The summed E-state index contributed by atoms with van der Waals surface area (Å²) in [5.41, 5.74) is 7.31. The molecule has 2 nitrogen and oxygen atoms in total. The van der Waals surface area contributed by atoms with Gasteiger partial charge in [-0.05, 0) is 63.5 Å². The Morgan fingerprint density at radius 3 is 1.70 bits per heavy atom. The molecule has 156 valence electrons. The summed E-state index contributed by atoms with van der Waals surface area (Å²) in [6.07, 6.45) is 0. The van der Waals surface area contributed by atoms with E-state index < -0.39 is 0 Å². The van der Waals surface area contributed by atoms with Gasteiger partial charge in [-0.1, -0.05) is 91.0 Å². The molecule has 0 aliphatic heterocycles. The normalized spacial score (nSPS) is 11.2. The molecule has 0 aliphatic rings. The van der Waals surface area contributed by atoms with Gasteiger partial charge in [0.1, 0.15) is 0 Å². The van der Waals surface area contributed by atoms with Crippen LogP contribution in [0.2, 0.25) is 5.28 Å². The van der Waals surface area contributed by atoms with Crippen molar-refractivity contribution in [2.24, 2.45) is 0 Å². The maximum atomic E-state index is 6.47. The molecule has 3 heteroatoms. The van der Waals surface area contributed by atoms with Gasteiger partial charge in [0.25, 0.3) is 0 Å². The van der Waals surface area contributed by atoms with E-state index >= 15 is 0 Å². The zero-order chi connectivity index (χ0) is 22.2. The summed E-state index contributed by atoms with van der Waals surface area (Å²) in [6.45, 7) is 0. The second kappa shape index (κ2) is 8.16. The number of nitrogens with zero attached hydrogens (tertiary/aromatic N) is 2. The van der Waals surface area contributed by atoms with Crippen molar-refractivity contribution in [2.45, 2.75) is 0 Å². The zero-order valence-corrected chi connectivity index (χ0v) is 18.5. The van der Waals surface area contributed by atoms with Gasteiger partial charge in [-0.25, -0.2) is 9.97 Å². The van der Waals surface area contributed by atoms with E-state index in [9.17, 15) is 0 Å². The molecule has 0 aliphatic carbocycles. The number of hydrogen-bond donors (Lipinski definition) is 0. The first kappa shape index (κ1) is 19.7. The smallest absolute Gasteiger partial charge is 0.217 e. The van der Waals surface area contributed by atoms with Gasteiger partial charge in [0.15, 0.2) is 0 Å². The van der Waals surface area contributed by atoms with Crippen LogP contribution in [0.4, 0.5) is 0 Å². The van der Waals surface area contributed by atoms with Gasteiger partial charge in [-0.2, -0.15) is 0 Å². The topological polar surface area (TPSA) is 25.8 Å². The molecule has 1 aromatic heterocycles. The first-order valence-electron chi connectivity index (χ1n) is 10.9. The van der Waals surface area contributed by atoms with Crippen LogP contribution in [0.1, 0.15) is 0 Å². The molecular formula is C30H19ClN2. The summed E-state index contributed by atoms with van der Waals surface area (Å²) in [5.74, 6) is 0. The number of hydrogen-bond acceptors (Lipinski definition) is 2. The van der Waals surface area contributed by atoms with Crippen LogP contribution in [0.25, 0.3) is 55.2 Å². The molecule has 0 spiro atoms. The van der Waals surface area contributed by atoms with E-state index in [0.29, 0.717) is 0 Å². The second-order valence-electron chi connectivity index (χ2n) is 8.06. The third-order valence-corrected chi connectivity index (χ3v) is 6.15. The molecule has 0 radical (unpaired) electrons. The highest BCUT2D eigenvalue weighted by Gasteiger charge is 2.14. The molecule has 0 bridgehead atoms. The molecular weight excluding hydrogens is 424 g/mol. The minimum absolute atomic E-state index is 0.250. The third-order valence-electron chi connectivity index (χ3n) is 5.98. The van der Waals surface area contributed by atoms with E-state index in [1.807, 2.05) is 24.3 Å². The molecule has 0 fully saturated rings. The van der Waals surface area contributed by atoms with Gasteiger partial charge in [0.05, 0.1) is 11.2 Å². The molecule has 0 unspecified atom stereocenters. The van der Waals surface area contributed by atoms with Crippen LogP contribution in [-0.4, -0.2) is 9.97 Å². The average molecular weight is 443 g/mol. The fraction of sp³-hybridized carbons (Fsp3) is 0. The first-order chi connectivity index (χ1) is 16.3. The molecule has 0 atom stereocenters. The van der Waals surface area contributed by atoms with Gasteiger partial charge in [-0.3, -0.25) is 0 Å². The fourth-order valence-corrected chi connectivity index (χ4v) is 4.58. The average Bonchev–Trinajstić information content (AvgIpc) is 2.89. The van der Waals surface area contributed by atoms with E-state index in [0.717, 1.165) is 55.2 Å². The molecule has 0 N–H and O–H groups in total. The Kier molecular flexibility index (Phi) is 4.86. The summed E-state index contributed by atoms with van der Waals surface area (Å²) in [6, 6.07) is 39.9. The highest BCUT2D eigenvalue weighted by Crippen LogP contribution is 2.36. The van der Waals surface area contributed by atoms with Crippen LogP contribution in [0, 0.1) is 0 Å². The first-order valence-corrected chi connectivity index (χ1v) is 11.3. The van der Waals surface area contributed by atoms with Crippen LogP contribution >= 0.6 is 11.6 Å². The van der Waals surface area contributed by atoms with Gasteiger partial charge in [0, 0.05) is 16.3 Å². The van der Waals surface area contributed by atoms with Crippen molar-refractivity contribution in [3.8, 4) is 33.5 Å². The maximum Gasteiger partial charge on any atom is 0.223 e. The molecule has 0 saturated carbocycles. The monoisotopic (exact) mass is 442 g/mol. The van der Waals surface area contributed by atoms with E-state index in [-0.39, 0.29) is 5.28 Å². The minimum Gasteiger partial charge on any atom is -0.217 e. The lowest BCUT2D eigenvalue weighted by Crippen LogP contribution is -1.94. The Balaban J connectivity index is 1.66. The van der Waals surface area contributed by atoms with Crippen LogP contribution in [0.5, 0.6) is 0 Å². The Bertz CT molecular complexity index is 1550. The number of benzene rings is 5. The fourth-order valence-electron chi connectivity index (χ4n) is 4.42. The van der Waals surface area contributed by atoms with Gasteiger partial charge in [-0.15, -0.1) is 0 Å². The van der Waals surface area contributed by atoms with Gasteiger partial charge in [0.2, 0.25) is 5.28 Å². The predicted molar refractivity (Wildman–Crippen MR) is 138 cm³/mol. The third kappa shape index (κ3) is 3.65. The van der Waals surface area contributed by atoms with E-state index in [1.54, 1.807) is 0 Å². The van der Waals surface area contributed by atoms with Crippen LogP contribution in [-0.2, 0) is 0 Å². The summed E-state index contributed by atoms with van der Waals surface area (Å²) < 4.78 is 0. The minimum atomic E-state index is 0.250. The van der Waals surface area contributed by atoms with E-state index in [2.05, 4.69) is 96.0 Å². The zero-order valence-electron chi connectivity index (χ0n) is 17.7. The summed E-state index contributed by atoms with van der Waals surface area (Å²) in [4.78, 5) is 9.31. The SMILES string of the molecule is Clc1nc(-c2cc(-c3ccccc3)cc(-c3ccccc3)c2)c2ccc3ccccc3c2n1. The Morgan fingerprint density at radius 2 is 1.03 bits per heavy atom. The Hall–Kier alpha value is -4.01. The molecule has 0 saturated heterocycles. The van der Waals surface area contributed by atoms with Crippen molar-refractivity contribution in [3.63, 3.8) is 0 Å². The van der Waals surface area contributed by atoms with Crippen molar-refractivity contribution in [1.82, 2.24) is 9.97 Å². The largest absolute Gasteiger partial charge is 0.223 e. The van der Waals surface area contributed by atoms with Gasteiger partial charge < -0.3 is 0 Å². The van der Waals surface area contributed by atoms with Crippen molar-refractivity contribution >= 4 is 33.3 Å². The predicted octanol–water partition coefficient (Wildman–Crippen LogP) is 8.44. The van der Waals surface area contributed by atoms with Crippen molar-refractivity contribution in [3.05, 3.63) is 121 Å². The van der Waals surface area contributed by atoms with Crippen molar-refractivity contribution < 1.29 is 0 Å². The Morgan fingerprint density at radius 1 is 0.455 bits per heavy atom. The van der Waals surface area contributed by atoms with Crippen LogP contribution < -0.4 is 0 Å². The number of fused-ring (bicyclic) bond motifs is 3. The number of rotatable bonds is 3. The molecule has 6 rings (SSSR count). The summed E-state index contributed by atoms with van der Waals surface area (Å²) in [7, 11) is 0. The number of aromatic nitrogens is 2. The molecule has 33 heavy (non-hydrogen) atoms. The summed E-state index contributed by atoms with van der Waals surface area (Å²) >= 11 is 6.47. The maximum absolute atomic E-state index is 6.47. The second-order valence-corrected chi connectivity index (χ2v) is 8.39. The van der Waals surface area contributed by atoms with Gasteiger partial charge >= 0.3 is 0 Å². The molecule has 6 aromatic rings. The quantitative estimate of drug-likeness (QED) is 0.203. The lowest BCUT2D eigenvalue weighted by atomic mass is 9.93. The highest BCUT2D eigenvalue weighted by atomic mass is 35.5. The van der Waals surface area contributed by atoms with Crippen LogP contribution in [0.3, 0.4) is 0 Å². The molecule has 5 aromatic carbocycles. The molecule has 1 heterocycles. The lowest BCUT2D eigenvalue weighted by Gasteiger charge is -2.13.